The minimum Gasteiger partial charge on any atom is -0.480 e. The number of hydrogen-bond donors (Lipinski definition) is 1. The second-order valence-corrected chi connectivity index (χ2v) is 7.56. The summed E-state index contributed by atoms with van der Waals surface area (Å²) in [6.07, 6.45) is 8.31. The minimum absolute atomic E-state index is 0.219. The van der Waals surface area contributed by atoms with Crippen LogP contribution in [0.15, 0.2) is 36.9 Å². The van der Waals surface area contributed by atoms with Crippen molar-refractivity contribution in [3.8, 4) is 23.0 Å². The van der Waals surface area contributed by atoms with Gasteiger partial charge in [0.05, 0.1) is 25.5 Å². The number of nitrogens with zero attached hydrogens (tertiary/aromatic N) is 5. The second kappa shape index (κ2) is 8.17. The van der Waals surface area contributed by atoms with E-state index >= 15 is 0 Å². The van der Waals surface area contributed by atoms with Crippen molar-refractivity contribution in [3.05, 3.63) is 48.4 Å². The van der Waals surface area contributed by atoms with Crippen LogP contribution in [0.4, 0.5) is 10.3 Å². The number of pyridine rings is 1. The zero-order valence-corrected chi connectivity index (χ0v) is 17.1. The predicted molar refractivity (Wildman–Crippen MR) is 109 cm³/mol. The number of rotatable bonds is 7. The van der Waals surface area contributed by atoms with Gasteiger partial charge in [-0.05, 0) is 30.9 Å². The van der Waals surface area contributed by atoms with Crippen LogP contribution in [0.1, 0.15) is 25.5 Å². The Morgan fingerprint density at radius 2 is 1.87 bits per heavy atom. The summed E-state index contributed by atoms with van der Waals surface area (Å²) >= 11 is 0. The number of hydrogen-bond acceptors (Lipinski definition) is 8. The van der Waals surface area contributed by atoms with Crippen LogP contribution in [-0.4, -0.2) is 45.7 Å². The molecule has 0 atom stereocenters. The van der Waals surface area contributed by atoms with Gasteiger partial charge < -0.3 is 14.8 Å². The summed E-state index contributed by atoms with van der Waals surface area (Å²) in [7, 11) is 3.02. The molecule has 0 saturated heterocycles. The Labute approximate surface area is 174 Å². The van der Waals surface area contributed by atoms with Gasteiger partial charge in [-0.15, -0.1) is 0 Å². The van der Waals surface area contributed by atoms with Crippen LogP contribution in [0.3, 0.4) is 0 Å². The molecule has 4 rings (SSSR count). The lowest BCUT2D eigenvalue weighted by atomic mass is 9.60. The first-order chi connectivity index (χ1) is 14.5. The molecule has 0 aromatic carbocycles. The molecule has 1 fully saturated rings. The molecule has 1 N–H and O–H groups in total. The smallest absolute Gasteiger partial charge is 0.319 e. The lowest BCUT2D eigenvalue weighted by Crippen LogP contribution is -2.47. The molecule has 0 amide bonds. The SMILES string of the molecule is COc1ncc(-c2cnc(NCC3(c4ncccc4F)CC(C)C3)nc2)c(OC)n1. The first-order valence-electron chi connectivity index (χ1n) is 9.67. The van der Waals surface area contributed by atoms with E-state index in [1.54, 1.807) is 30.9 Å². The fourth-order valence-corrected chi connectivity index (χ4v) is 4.08. The molecule has 0 spiro atoms. The van der Waals surface area contributed by atoms with E-state index in [0.29, 0.717) is 41.1 Å². The summed E-state index contributed by atoms with van der Waals surface area (Å²) in [6, 6.07) is 3.29. The van der Waals surface area contributed by atoms with E-state index in [2.05, 4.69) is 37.2 Å². The van der Waals surface area contributed by atoms with Crippen LogP contribution >= 0.6 is 0 Å². The second-order valence-electron chi connectivity index (χ2n) is 7.56. The van der Waals surface area contributed by atoms with Crippen molar-refractivity contribution in [1.29, 1.82) is 0 Å². The molecule has 1 aliphatic carbocycles. The third-order valence-corrected chi connectivity index (χ3v) is 5.39. The van der Waals surface area contributed by atoms with Gasteiger partial charge in [-0.2, -0.15) is 4.98 Å². The Balaban J connectivity index is 1.51. The van der Waals surface area contributed by atoms with Crippen LogP contribution in [0.2, 0.25) is 0 Å². The predicted octanol–water partition coefficient (Wildman–Crippen LogP) is 3.26. The van der Waals surface area contributed by atoms with Gasteiger partial charge in [0.2, 0.25) is 11.8 Å². The molecular formula is C21H23FN6O2. The summed E-state index contributed by atoms with van der Waals surface area (Å²) in [6.45, 7) is 2.67. The fourth-order valence-electron chi connectivity index (χ4n) is 4.08. The van der Waals surface area contributed by atoms with Gasteiger partial charge in [-0.1, -0.05) is 6.92 Å². The van der Waals surface area contributed by atoms with Crippen LogP contribution in [0.5, 0.6) is 11.9 Å². The van der Waals surface area contributed by atoms with Crippen LogP contribution in [0.25, 0.3) is 11.1 Å². The molecule has 8 nitrogen and oxygen atoms in total. The number of methoxy groups -OCH3 is 2. The van der Waals surface area contributed by atoms with Crippen molar-refractivity contribution in [2.45, 2.75) is 25.2 Å². The average molecular weight is 410 g/mol. The molecule has 3 heterocycles. The molecule has 1 aliphatic rings. The standard InChI is InChI=1S/C21H23FN6O2/c1-13-7-21(8-13,17-16(22)5-4-6-23-17)12-27-19-24-9-14(10-25-19)15-11-26-20(30-3)28-18(15)29-2/h4-6,9-11,13H,7-8,12H2,1-3H3,(H,24,25,27). The molecule has 9 heteroatoms. The number of aromatic nitrogens is 5. The lowest BCUT2D eigenvalue weighted by molar-refractivity contribution is 0.159. The monoisotopic (exact) mass is 410 g/mol. The van der Waals surface area contributed by atoms with E-state index in [4.69, 9.17) is 9.47 Å². The van der Waals surface area contributed by atoms with E-state index in [-0.39, 0.29) is 17.2 Å². The van der Waals surface area contributed by atoms with E-state index < -0.39 is 0 Å². The van der Waals surface area contributed by atoms with E-state index in [0.717, 1.165) is 12.8 Å². The molecule has 3 aromatic heterocycles. The normalized spacial score (nSPS) is 20.3. The molecule has 0 unspecified atom stereocenters. The first-order valence-corrected chi connectivity index (χ1v) is 9.67. The van der Waals surface area contributed by atoms with Gasteiger partial charge in [-0.3, -0.25) is 4.98 Å². The fraction of sp³-hybridized carbons (Fsp3) is 0.381. The number of ether oxygens (including phenoxy) is 2. The maximum absolute atomic E-state index is 14.4. The zero-order chi connectivity index (χ0) is 21.1. The molecule has 0 radical (unpaired) electrons. The minimum atomic E-state index is -0.347. The molecule has 1 saturated carbocycles. The largest absolute Gasteiger partial charge is 0.480 e. The maximum Gasteiger partial charge on any atom is 0.319 e. The van der Waals surface area contributed by atoms with Crippen molar-refractivity contribution in [1.82, 2.24) is 24.9 Å². The van der Waals surface area contributed by atoms with Crippen LogP contribution < -0.4 is 14.8 Å². The molecule has 0 bridgehead atoms. The number of nitrogens with one attached hydrogen (secondary N) is 1. The molecule has 30 heavy (non-hydrogen) atoms. The van der Waals surface area contributed by atoms with Crippen LogP contribution in [0, 0.1) is 11.7 Å². The summed E-state index contributed by atoms with van der Waals surface area (Å²) in [5.41, 5.74) is 1.53. The topological polar surface area (TPSA) is 94.9 Å². The highest BCUT2D eigenvalue weighted by Gasteiger charge is 2.46. The van der Waals surface area contributed by atoms with Crippen molar-refractivity contribution >= 4 is 5.95 Å². The van der Waals surface area contributed by atoms with Crippen molar-refractivity contribution in [2.75, 3.05) is 26.1 Å². The summed E-state index contributed by atoms with van der Waals surface area (Å²) in [5, 5.41) is 3.25. The molecule has 3 aromatic rings. The van der Waals surface area contributed by atoms with Gasteiger partial charge in [0.15, 0.2) is 0 Å². The quantitative estimate of drug-likeness (QED) is 0.634. The number of halogens is 1. The number of anilines is 1. The highest BCUT2D eigenvalue weighted by atomic mass is 19.1. The Bertz CT molecular complexity index is 1020. The highest BCUT2D eigenvalue weighted by molar-refractivity contribution is 5.66. The maximum atomic E-state index is 14.4. The Kier molecular flexibility index (Phi) is 5.43. The third kappa shape index (κ3) is 3.74. The van der Waals surface area contributed by atoms with Crippen molar-refractivity contribution in [3.63, 3.8) is 0 Å². The lowest BCUT2D eigenvalue weighted by Gasteiger charge is -2.46. The first kappa shape index (κ1) is 19.9. The van der Waals surface area contributed by atoms with E-state index in [1.807, 2.05) is 0 Å². The Morgan fingerprint density at radius 1 is 1.10 bits per heavy atom. The van der Waals surface area contributed by atoms with Gasteiger partial charge in [-0.25, -0.2) is 19.3 Å². The van der Waals surface area contributed by atoms with E-state index in [9.17, 15) is 4.39 Å². The molecule has 0 aliphatic heterocycles. The average Bonchev–Trinajstić information content (AvgIpc) is 2.76. The molecular weight excluding hydrogens is 387 g/mol. The van der Waals surface area contributed by atoms with E-state index in [1.165, 1.54) is 20.3 Å². The van der Waals surface area contributed by atoms with Crippen LogP contribution in [-0.2, 0) is 5.41 Å². The zero-order valence-electron chi connectivity index (χ0n) is 17.1. The summed E-state index contributed by atoms with van der Waals surface area (Å²) in [4.78, 5) is 21.4. The third-order valence-electron chi connectivity index (χ3n) is 5.39. The van der Waals surface area contributed by atoms with Gasteiger partial charge >= 0.3 is 6.01 Å². The summed E-state index contributed by atoms with van der Waals surface area (Å²) < 4.78 is 24.7. The molecule has 156 valence electrons. The summed E-state index contributed by atoms with van der Waals surface area (Å²) in [5.74, 6) is 1.09. The van der Waals surface area contributed by atoms with Gasteiger partial charge in [0.1, 0.15) is 5.82 Å². The van der Waals surface area contributed by atoms with Gasteiger partial charge in [0, 0.05) is 42.3 Å². The highest BCUT2D eigenvalue weighted by Crippen LogP contribution is 2.47. The van der Waals surface area contributed by atoms with Gasteiger partial charge in [0.25, 0.3) is 0 Å². The van der Waals surface area contributed by atoms with Crippen molar-refractivity contribution < 1.29 is 13.9 Å². The van der Waals surface area contributed by atoms with Crippen molar-refractivity contribution in [2.24, 2.45) is 5.92 Å². The Hall–Kier alpha value is -3.36. The Morgan fingerprint density at radius 3 is 2.50 bits per heavy atom.